The van der Waals surface area contributed by atoms with Crippen LogP contribution in [0.4, 0.5) is 0 Å². The Morgan fingerprint density at radius 3 is 2.10 bits per heavy atom. The number of unbranched alkanes of at least 4 members (excludes halogenated alkanes) is 8. The van der Waals surface area contributed by atoms with Crippen LogP contribution in [0.2, 0.25) is 0 Å². The number of hydrogen-bond donors (Lipinski definition) is 2. The lowest BCUT2D eigenvalue weighted by Crippen LogP contribution is -1.99. The number of aryl methyl sites for hydroxylation is 1. The average Bonchev–Trinajstić information content (AvgIpc) is 2.68. The van der Waals surface area contributed by atoms with Gasteiger partial charge in [-0.25, -0.2) is 0 Å². The van der Waals surface area contributed by atoms with Crippen molar-refractivity contribution in [2.75, 3.05) is 0 Å². The third-order valence-corrected chi connectivity index (χ3v) is 5.80. The SMILES string of the molecule is CCCCCCCCCCCc1cccc(Oc2ccc(O)c(S(=O)(=O)O)c2)c1. The number of aromatic hydroxyl groups is 1. The summed E-state index contributed by atoms with van der Waals surface area (Å²) in [5, 5.41) is 9.60. The maximum atomic E-state index is 11.3. The van der Waals surface area contributed by atoms with E-state index in [1.807, 2.05) is 12.1 Å². The summed E-state index contributed by atoms with van der Waals surface area (Å²) in [5.74, 6) is 0.306. The van der Waals surface area contributed by atoms with Gasteiger partial charge in [-0.15, -0.1) is 0 Å². The van der Waals surface area contributed by atoms with Gasteiger partial charge in [-0.2, -0.15) is 8.42 Å². The molecule has 0 saturated heterocycles. The van der Waals surface area contributed by atoms with Gasteiger partial charge in [0.25, 0.3) is 10.1 Å². The first-order chi connectivity index (χ1) is 13.9. The monoisotopic (exact) mass is 420 g/mol. The molecule has 0 radical (unpaired) electrons. The van der Waals surface area contributed by atoms with E-state index in [-0.39, 0.29) is 5.75 Å². The zero-order valence-corrected chi connectivity index (χ0v) is 18.0. The number of benzene rings is 2. The van der Waals surface area contributed by atoms with Crippen molar-refractivity contribution in [3.63, 3.8) is 0 Å². The van der Waals surface area contributed by atoms with Gasteiger partial charge in [-0.05, 0) is 42.7 Å². The quantitative estimate of drug-likeness (QED) is 0.285. The normalized spacial score (nSPS) is 11.5. The van der Waals surface area contributed by atoms with Gasteiger partial charge in [-0.1, -0.05) is 70.4 Å². The van der Waals surface area contributed by atoms with Gasteiger partial charge < -0.3 is 9.84 Å². The maximum Gasteiger partial charge on any atom is 0.298 e. The van der Waals surface area contributed by atoms with Crippen LogP contribution < -0.4 is 4.74 Å². The molecule has 0 aromatic heterocycles. The Bertz CT molecular complexity index is 861. The van der Waals surface area contributed by atoms with Crippen molar-refractivity contribution in [3.8, 4) is 17.2 Å². The van der Waals surface area contributed by atoms with E-state index in [4.69, 9.17) is 4.74 Å². The third kappa shape index (κ3) is 8.46. The molecular weight excluding hydrogens is 388 g/mol. The predicted octanol–water partition coefficient (Wildman–Crippen LogP) is 6.50. The first-order valence-corrected chi connectivity index (χ1v) is 11.9. The highest BCUT2D eigenvalue weighted by Crippen LogP contribution is 2.30. The molecule has 0 spiro atoms. The molecule has 0 atom stereocenters. The molecular formula is C23H32O5S. The Kier molecular flexibility index (Phi) is 9.48. The Balaban J connectivity index is 1.81. The fourth-order valence-corrected chi connectivity index (χ4v) is 3.90. The van der Waals surface area contributed by atoms with Crippen LogP contribution in [0.3, 0.4) is 0 Å². The van der Waals surface area contributed by atoms with E-state index < -0.39 is 20.8 Å². The molecule has 0 bridgehead atoms. The molecule has 6 heteroatoms. The second-order valence-electron chi connectivity index (χ2n) is 7.43. The topological polar surface area (TPSA) is 83.8 Å². The molecule has 0 aliphatic heterocycles. The average molecular weight is 421 g/mol. The van der Waals surface area contributed by atoms with Gasteiger partial charge in [0.2, 0.25) is 0 Å². The van der Waals surface area contributed by atoms with Crippen LogP contribution in [0.1, 0.15) is 70.3 Å². The van der Waals surface area contributed by atoms with Crippen LogP contribution in [0.15, 0.2) is 47.4 Å². The van der Waals surface area contributed by atoms with Crippen LogP contribution in [0, 0.1) is 0 Å². The number of phenolic OH excluding ortho intramolecular Hbond substituents is 1. The minimum atomic E-state index is -4.51. The summed E-state index contributed by atoms with van der Waals surface area (Å²) >= 11 is 0. The van der Waals surface area contributed by atoms with Gasteiger partial charge in [0, 0.05) is 6.07 Å². The minimum Gasteiger partial charge on any atom is -0.506 e. The second-order valence-corrected chi connectivity index (χ2v) is 8.82. The highest BCUT2D eigenvalue weighted by atomic mass is 32.2. The van der Waals surface area contributed by atoms with Gasteiger partial charge in [0.05, 0.1) is 0 Å². The van der Waals surface area contributed by atoms with E-state index >= 15 is 0 Å². The molecule has 0 aliphatic rings. The largest absolute Gasteiger partial charge is 0.506 e. The molecule has 2 aromatic carbocycles. The van der Waals surface area contributed by atoms with Crippen molar-refractivity contribution in [2.45, 2.75) is 76.0 Å². The molecule has 5 nitrogen and oxygen atoms in total. The minimum absolute atomic E-state index is 0.232. The first kappa shape index (κ1) is 23.2. The van der Waals surface area contributed by atoms with Gasteiger partial charge >= 0.3 is 0 Å². The summed E-state index contributed by atoms with van der Waals surface area (Å²) in [7, 11) is -4.51. The van der Waals surface area contributed by atoms with Crippen molar-refractivity contribution in [1.29, 1.82) is 0 Å². The Morgan fingerprint density at radius 2 is 1.45 bits per heavy atom. The van der Waals surface area contributed by atoms with Crippen molar-refractivity contribution >= 4 is 10.1 Å². The third-order valence-electron chi connectivity index (χ3n) is 4.91. The van der Waals surface area contributed by atoms with E-state index in [2.05, 4.69) is 13.0 Å². The summed E-state index contributed by atoms with van der Waals surface area (Å²) in [6.07, 6.45) is 12.6. The summed E-state index contributed by atoms with van der Waals surface area (Å²) in [4.78, 5) is -0.569. The molecule has 0 heterocycles. The first-order valence-electron chi connectivity index (χ1n) is 10.5. The lowest BCUT2D eigenvalue weighted by atomic mass is 10.0. The Hall–Kier alpha value is -2.05. The zero-order valence-electron chi connectivity index (χ0n) is 17.1. The molecule has 160 valence electrons. The van der Waals surface area contributed by atoms with Gasteiger partial charge in [0.15, 0.2) is 0 Å². The summed E-state index contributed by atoms with van der Waals surface area (Å²) in [6, 6.07) is 11.4. The Labute approximate surface area is 174 Å². The van der Waals surface area contributed by atoms with Crippen LogP contribution in [-0.2, 0) is 16.5 Å². The van der Waals surface area contributed by atoms with Crippen LogP contribution in [-0.4, -0.2) is 18.1 Å². The zero-order chi connectivity index (χ0) is 21.1. The molecule has 2 rings (SSSR count). The summed E-state index contributed by atoms with van der Waals surface area (Å²) in [6.45, 7) is 2.24. The van der Waals surface area contributed by atoms with Crippen molar-refractivity contribution in [3.05, 3.63) is 48.0 Å². The molecule has 0 unspecified atom stereocenters. The molecule has 2 aromatic rings. The van der Waals surface area contributed by atoms with Gasteiger partial charge in [0.1, 0.15) is 22.1 Å². The van der Waals surface area contributed by atoms with E-state index in [1.165, 1.54) is 69.1 Å². The molecule has 0 aliphatic carbocycles. The molecule has 0 saturated carbocycles. The van der Waals surface area contributed by atoms with Crippen LogP contribution >= 0.6 is 0 Å². The molecule has 2 N–H and O–H groups in total. The van der Waals surface area contributed by atoms with E-state index in [0.29, 0.717) is 5.75 Å². The molecule has 0 fully saturated rings. The Morgan fingerprint density at radius 1 is 0.828 bits per heavy atom. The highest BCUT2D eigenvalue weighted by molar-refractivity contribution is 7.86. The van der Waals surface area contributed by atoms with E-state index in [9.17, 15) is 18.1 Å². The van der Waals surface area contributed by atoms with Gasteiger partial charge in [-0.3, -0.25) is 4.55 Å². The van der Waals surface area contributed by atoms with Crippen LogP contribution in [0.5, 0.6) is 17.2 Å². The van der Waals surface area contributed by atoms with Crippen molar-refractivity contribution < 1.29 is 22.8 Å². The standard InChI is InChI=1S/C23H32O5S/c1-2-3-4-5-6-7-8-9-10-12-19-13-11-14-20(17-19)28-21-15-16-22(24)23(18-21)29(25,26)27/h11,13-18,24H,2-10,12H2,1H3,(H,25,26,27). The van der Waals surface area contributed by atoms with Crippen molar-refractivity contribution in [2.24, 2.45) is 0 Å². The fourth-order valence-electron chi connectivity index (χ4n) is 3.30. The fraction of sp³-hybridized carbons (Fsp3) is 0.478. The summed E-state index contributed by atoms with van der Waals surface area (Å²) in [5.41, 5.74) is 1.17. The number of ether oxygens (including phenoxy) is 1. The second kappa shape index (κ2) is 11.8. The van der Waals surface area contributed by atoms with E-state index in [1.54, 1.807) is 6.07 Å². The molecule has 0 amide bonds. The van der Waals surface area contributed by atoms with Crippen LogP contribution in [0.25, 0.3) is 0 Å². The lowest BCUT2D eigenvalue weighted by Gasteiger charge is -2.09. The van der Waals surface area contributed by atoms with Crippen molar-refractivity contribution in [1.82, 2.24) is 0 Å². The highest BCUT2D eigenvalue weighted by Gasteiger charge is 2.16. The predicted molar refractivity (Wildman–Crippen MR) is 115 cm³/mol. The number of phenols is 1. The maximum absolute atomic E-state index is 11.3. The lowest BCUT2D eigenvalue weighted by molar-refractivity contribution is 0.435. The summed E-state index contributed by atoms with van der Waals surface area (Å²) < 4.78 is 37.5. The number of hydrogen-bond acceptors (Lipinski definition) is 4. The molecule has 29 heavy (non-hydrogen) atoms. The smallest absolute Gasteiger partial charge is 0.298 e. The number of rotatable bonds is 13. The van der Waals surface area contributed by atoms with E-state index in [0.717, 1.165) is 18.9 Å².